The predicted molar refractivity (Wildman–Crippen MR) is 141 cm³/mol. The second-order valence-corrected chi connectivity index (χ2v) is 12.0. The van der Waals surface area contributed by atoms with E-state index in [1.807, 2.05) is 0 Å². The van der Waals surface area contributed by atoms with Gasteiger partial charge in [-0.3, -0.25) is 9.36 Å². The number of methoxy groups -OCH3 is 1. The molecule has 1 saturated heterocycles. The summed E-state index contributed by atoms with van der Waals surface area (Å²) >= 11 is 0. The number of carbonyl (C=O) groups excluding carboxylic acids is 1. The maximum Gasteiger partial charge on any atom is 0.295 e. The Balaban J connectivity index is 1.67. The van der Waals surface area contributed by atoms with Gasteiger partial charge in [-0.2, -0.15) is 0 Å². The smallest absolute Gasteiger partial charge is 0.295 e. The fourth-order valence-electron chi connectivity index (χ4n) is 4.66. The van der Waals surface area contributed by atoms with Crippen LogP contribution in [0.25, 0.3) is 11.2 Å². The van der Waals surface area contributed by atoms with Crippen LogP contribution in [0.1, 0.15) is 69.2 Å². The number of hydrogen-bond acceptors (Lipinski definition) is 8. The summed E-state index contributed by atoms with van der Waals surface area (Å²) in [4.78, 5) is 21.3. The Morgan fingerprint density at radius 3 is 2.54 bits per heavy atom. The van der Waals surface area contributed by atoms with Gasteiger partial charge in [0.1, 0.15) is 17.6 Å². The number of aromatic nitrogens is 3. The first-order valence-electron chi connectivity index (χ1n) is 12.8. The van der Waals surface area contributed by atoms with Gasteiger partial charge in [-0.15, -0.1) is 0 Å². The molecule has 0 radical (unpaired) electrons. The molecule has 1 aliphatic carbocycles. The van der Waals surface area contributed by atoms with Crippen LogP contribution < -0.4 is 10.6 Å². The van der Waals surface area contributed by atoms with Crippen molar-refractivity contribution in [1.29, 1.82) is 0 Å². The van der Waals surface area contributed by atoms with Crippen molar-refractivity contribution in [2.24, 2.45) is 5.92 Å². The number of nitrogens with zero attached hydrogens (tertiary/aromatic N) is 3. The molecule has 1 amide bonds. The fraction of sp³-hybridized carbons (Fsp3) is 0.500. The quantitative estimate of drug-likeness (QED) is 0.361. The third kappa shape index (κ3) is 5.75. The molecule has 1 aromatic carbocycles. The highest BCUT2D eigenvalue weighted by molar-refractivity contribution is 7.90. The highest BCUT2D eigenvalue weighted by Gasteiger charge is 2.32. The number of pyridine rings is 1. The van der Waals surface area contributed by atoms with Crippen LogP contribution in [0.15, 0.2) is 29.2 Å². The van der Waals surface area contributed by atoms with E-state index in [1.54, 1.807) is 19.1 Å². The normalized spacial score (nSPS) is 18.9. The zero-order valence-electron chi connectivity index (χ0n) is 21.9. The Kier molecular flexibility index (Phi) is 7.57. The number of fused-ring (bicyclic) bond motifs is 1. The molecule has 39 heavy (non-hydrogen) atoms. The van der Waals surface area contributed by atoms with E-state index in [0.717, 1.165) is 31.9 Å². The van der Waals surface area contributed by atoms with Gasteiger partial charge in [0, 0.05) is 32.0 Å². The largest absolute Gasteiger partial charge is 0.377 e. The Bertz CT molecular complexity index is 1500. The van der Waals surface area contributed by atoms with Gasteiger partial charge >= 0.3 is 0 Å². The number of ether oxygens (including phenoxy) is 2. The summed E-state index contributed by atoms with van der Waals surface area (Å²) in [7, 11) is -2.18. The number of anilines is 3. The van der Waals surface area contributed by atoms with Crippen LogP contribution in [-0.2, 0) is 24.1 Å². The summed E-state index contributed by atoms with van der Waals surface area (Å²) in [6.45, 7) is 2.21. The molecule has 3 heterocycles. The van der Waals surface area contributed by atoms with Crippen LogP contribution >= 0.6 is 0 Å². The highest BCUT2D eigenvalue weighted by Crippen LogP contribution is 2.38. The zero-order chi connectivity index (χ0) is 27.9. The topological polar surface area (TPSA) is 124 Å². The average Bonchev–Trinajstić information content (AvgIpc) is 3.68. The highest BCUT2D eigenvalue weighted by atomic mass is 32.2. The number of alkyl halides is 2. The predicted octanol–water partition coefficient (Wildman–Crippen LogP) is 5.27. The number of rotatable bonds is 9. The first-order chi connectivity index (χ1) is 18.6. The molecule has 0 spiro atoms. The molecular formula is C26H31F2N5O5S. The molecular weight excluding hydrogens is 532 g/mol. The number of benzene rings is 1. The van der Waals surface area contributed by atoms with E-state index >= 15 is 0 Å². The molecule has 1 aliphatic heterocycles. The Hall–Kier alpha value is -3.16. The molecule has 2 fully saturated rings. The first-order valence-corrected chi connectivity index (χ1v) is 14.7. The summed E-state index contributed by atoms with van der Waals surface area (Å²) in [5.74, 6) is -0.693. The number of nitrogens with one attached hydrogen (secondary N) is 2. The Morgan fingerprint density at radius 1 is 1.15 bits per heavy atom. The van der Waals surface area contributed by atoms with Gasteiger partial charge in [0.2, 0.25) is 5.91 Å². The van der Waals surface area contributed by atoms with Crippen LogP contribution in [0, 0.1) is 5.92 Å². The summed E-state index contributed by atoms with van der Waals surface area (Å²) in [6.07, 6.45) is 0.790. The van der Waals surface area contributed by atoms with Crippen molar-refractivity contribution in [3.63, 3.8) is 0 Å². The fourth-order valence-corrected chi connectivity index (χ4v) is 5.53. The van der Waals surface area contributed by atoms with Gasteiger partial charge in [0.05, 0.1) is 22.4 Å². The minimum Gasteiger partial charge on any atom is -0.377 e. The number of halogens is 2. The lowest BCUT2D eigenvalue weighted by molar-refractivity contribution is -0.117. The second kappa shape index (κ2) is 10.8. The molecule has 10 nitrogen and oxygen atoms in total. The Morgan fingerprint density at radius 2 is 1.92 bits per heavy atom. The van der Waals surface area contributed by atoms with Crippen molar-refractivity contribution < 1.29 is 31.5 Å². The van der Waals surface area contributed by atoms with Gasteiger partial charge in [0.25, 0.3) is 6.43 Å². The molecule has 0 bridgehead atoms. The number of imidazole rings is 1. The maximum atomic E-state index is 14.2. The van der Waals surface area contributed by atoms with E-state index < -0.39 is 28.3 Å². The second-order valence-electron chi connectivity index (χ2n) is 9.98. The van der Waals surface area contributed by atoms with Crippen molar-refractivity contribution in [3.05, 3.63) is 35.7 Å². The molecule has 2 unspecified atom stereocenters. The standard InChI is InChI=1S/C26H31F2N5O5S/c1-14(37-2)16-9-10-17(19(12-16)39(3,35)36)29-18-13-20(31-26(34)15-7-8-15)30-24-22(18)32-25(23(27)28)33(24)21-6-4-5-11-38-21/h9-10,12-15,21,23H,4-8,11H2,1-3H3,(H2,29,30,31,34). The van der Waals surface area contributed by atoms with Crippen LogP contribution in [0.5, 0.6) is 0 Å². The molecule has 5 rings (SSSR count). The molecule has 2 atom stereocenters. The van der Waals surface area contributed by atoms with Gasteiger partial charge in [-0.25, -0.2) is 27.2 Å². The molecule has 210 valence electrons. The first kappa shape index (κ1) is 27.4. The summed E-state index contributed by atoms with van der Waals surface area (Å²) < 4.78 is 66.4. The van der Waals surface area contributed by atoms with E-state index in [4.69, 9.17) is 9.47 Å². The monoisotopic (exact) mass is 563 g/mol. The lowest BCUT2D eigenvalue weighted by Gasteiger charge is -2.25. The van der Waals surface area contributed by atoms with E-state index in [0.29, 0.717) is 18.6 Å². The SMILES string of the molecule is COC(C)c1ccc(Nc2cc(NC(=O)C3CC3)nc3c2nc(C(F)F)n3C2CCCCO2)c(S(C)(=O)=O)c1. The minimum atomic E-state index is -3.71. The summed E-state index contributed by atoms with van der Waals surface area (Å²) in [5, 5.41) is 5.85. The summed E-state index contributed by atoms with van der Waals surface area (Å²) in [6, 6.07) is 6.30. The van der Waals surface area contributed by atoms with E-state index in [9.17, 15) is 22.0 Å². The molecule has 2 aromatic heterocycles. The van der Waals surface area contributed by atoms with Crippen molar-refractivity contribution in [3.8, 4) is 0 Å². The van der Waals surface area contributed by atoms with Crippen LogP contribution in [0.4, 0.5) is 26.0 Å². The molecule has 13 heteroatoms. The van der Waals surface area contributed by atoms with Crippen molar-refractivity contribution in [2.45, 2.75) is 62.7 Å². The number of sulfone groups is 1. The van der Waals surface area contributed by atoms with Gasteiger partial charge in [0.15, 0.2) is 21.3 Å². The van der Waals surface area contributed by atoms with Crippen LogP contribution in [0.2, 0.25) is 0 Å². The van der Waals surface area contributed by atoms with Crippen molar-refractivity contribution in [1.82, 2.24) is 14.5 Å². The number of amides is 1. The molecule has 1 saturated carbocycles. The van der Waals surface area contributed by atoms with Gasteiger partial charge in [-0.05, 0) is 56.7 Å². The number of carbonyl (C=O) groups is 1. The van der Waals surface area contributed by atoms with E-state index in [-0.39, 0.29) is 51.2 Å². The molecule has 3 aromatic rings. The third-order valence-corrected chi connectivity index (χ3v) is 8.15. The van der Waals surface area contributed by atoms with Crippen LogP contribution in [-0.4, -0.2) is 48.8 Å². The van der Waals surface area contributed by atoms with Crippen LogP contribution in [0.3, 0.4) is 0 Å². The van der Waals surface area contributed by atoms with Crippen molar-refractivity contribution in [2.75, 3.05) is 30.6 Å². The van der Waals surface area contributed by atoms with Crippen molar-refractivity contribution >= 4 is 44.1 Å². The third-order valence-electron chi connectivity index (χ3n) is 7.01. The zero-order valence-corrected chi connectivity index (χ0v) is 22.7. The Labute approximate surface area is 225 Å². The van der Waals surface area contributed by atoms with E-state index in [1.165, 1.54) is 23.8 Å². The summed E-state index contributed by atoms with van der Waals surface area (Å²) in [5.41, 5.74) is 1.31. The molecule has 2 N–H and O–H groups in total. The average molecular weight is 564 g/mol. The number of hydrogen-bond donors (Lipinski definition) is 2. The molecule has 2 aliphatic rings. The lowest BCUT2D eigenvalue weighted by Crippen LogP contribution is -2.21. The maximum absolute atomic E-state index is 14.2. The van der Waals surface area contributed by atoms with E-state index in [2.05, 4.69) is 20.6 Å². The van der Waals surface area contributed by atoms with Gasteiger partial charge < -0.3 is 20.1 Å². The minimum absolute atomic E-state index is 0.00144. The van der Waals surface area contributed by atoms with Gasteiger partial charge in [-0.1, -0.05) is 6.07 Å². The lowest BCUT2D eigenvalue weighted by atomic mass is 10.1.